The van der Waals surface area contributed by atoms with Crippen LogP contribution in [-0.2, 0) is 26.5 Å². The molecule has 5 heteroatoms. The van der Waals surface area contributed by atoms with Crippen LogP contribution in [-0.4, -0.2) is 15.1 Å². The minimum atomic E-state index is -0.158. The summed E-state index contributed by atoms with van der Waals surface area (Å²) in [5.74, 6) is 1.26. The van der Waals surface area contributed by atoms with Crippen molar-refractivity contribution in [3.63, 3.8) is 0 Å². The van der Waals surface area contributed by atoms with Gasteiger partial charge in [-0.05, 0) is 81.5 Å². The Hall–Kier alpha value is -5.31. The van der Waals surface area contributed by atoms with Crippen LogP contribution in [0.2, 0.25) is 0 Å². The smallest absolute Gasteiger partial charge is 0.136 e. The van der Waals surface area contributed by atoms with Gasteiger partial charge in [-0.25, -0.2) is 4.98 Å². The Labute approximate surface area is 315 Å². The van der Waals surface area contributed by atoms with Gasteiger partial charge in [0, 0.05) is 44.4 Å². The maximum Gasteiger partial charge on any atom is 0.136 e. The van der Waals surface area contributed by atoms with E-state index >= 15 is 0 Å². The number of aromatic hydroxyl groups is 1. The monoisotopic (exact) mass is 845 g/mol. The van der Waals surface area contributed by atoms with Crippen LogP contribution in [0.1, 0.15) is 50.3 Å². The summed E-state index contributed by atoms with van der Waals surface area (Å²) in [7, 11) is 0. The number of phenolic OH excluding ortho intramolecular Hbond substituents is 1. The van der Waals surface area contributed by atoms with Crippen molar-refractivity contribution in [3.05, 3.63) is 181 Å². The number of hydrogen-bond donors (Lipinski definition) is 1. The third kappa shape index (κ3) is 7.88. The Morgan fingerprint density at radius 1 is 0.647 bits per heavy atom. The largest absolute Gasteiger partial charge is 0.507 e. The van der Waals surface area contributed by atoms with Crippen LogP contribution in [0.3, 0.4) is 0 Å². The second-order valence-electron chi connectivity index (χ2n) is 13.7. The van der Waals surface area contributed by atoms with Crippen LogP contribution in [0.4, 0.5) is 17.2 Å². The van der Waals surface area contributed by atoms with Crippen LogP contribution >= 0.6 is 0 Å². The van der Waals surface area contributed by atoms with Crippen molar-refractivity contribution < 1.29 is 26.2 Å². The Morgan fingerprint density at radius 2 is 1.27 bits per heavy atom. The van der Waals surface area contributed by atoms with E-state index in [0.29, 0.717) is 11.3 Å². The van der Waals surface area contributed by atoms with Gasteiger partial charge in [0.15, 0.2) is 0 Å². The van der Waals surface area contributed by atoms with Gasteiger partial charge < -0.3 is 10.0 Å². The van der Waals surface area contributed by atoms with E-state index in [9.17, 15) is 5.11 Å². The zero-order valence-electron chi connectivity index (χ0n) is 29.2. The predicted octanol–water partition coefficient (Wildman–Crippen LogP) is 11.9. The zero-order chi connectivity index (χ0) is 34.7. The summed E-state index contributed by atoms with van der Waals surface area (Å²) < 4.78 is 0. The minimum absolute atomic E-state index is 0. The number of phenols is 1. The third-order valence-corrected chi connectivity index (χ3v) is 9.18. The Kier molecular flexibility index (Phi) is 10.6. The van der Waals surface area contributed by atoms with Crippen molar-refractivity contribution in [2.75, 3.05) is 4.90 Å². The number of pyridine rings is 2. The first-order chi connectivity index (χ1) is 24.2. The molecular formula is C46H40N3OPt-. The normalized spacial score (nSPS) is 11.8. The van der Waals surface area contributed by atoms with Gasteiger partial charge in [-0.1, -0.05) is 125 Å². The molecule has 4 nitrogen and oxygen atoms in total. The molecule has 1 atom stereocenters. The molecule has 0 saturated heterocycles. The van der Waals surface area contributed by atoms with Crippen LogP contribution in [0.25, 0.3) is 33.6 Å². The van der Waals surface area contributed by atoms with Crippen molar-refractivity contribution in [1.29, 1.82) is 0 Å². The van der Waals surface area contributed by atoms with Crippen LogP contribution < -0.4 is 4.90 Å². The number of benzene rings is 5. The summed E-state index contributed by atoms with van der Waals surface area (Å²) in [5, 5.41) is 11.0. The number of anilines is 3. The molecule has 5 aromatic carbocycles. The van der Waals surface area contributed by atoms with Crippen LogP contribution in [0.15, 0.2) is 158 Å². The zero-order valence-corrected chi connectivity index (χ0v) is 31.5. The Balaban J connectivity index is 0.00000448. The first-order valence-corrected chi connectivity index (χ1v) is 17.0. The van der Waals surface area contributed by atoms with E-state index in [2.05, 4.69) is 130 Å². The first-order valence-electron chi connectivity index (χ1n) is 17.0. The molecule has 0 fully saturated rings. The van der Waals surface area contributed by atoms with Gasteiger partial charge in [0.2, 0.25) is 0 Å². The van der Waals surface area contributed by atoms with Crippen molar-refractivity contribution in [2.45, 2.75) is 39.0 Å². The molecule has 1 unspecified atom stereocenters. The van der Waals surface area contributed by atoms with Crippen molar-refractivity contribution in [2.24, 2.45) is 0 Å². The van der Waals surface area contributed by atoms with Crippen molar-refractivity contribution >= 4 is 17.2 Å². The van der Waals surface area contributed by atoms with Gasteiger partial charge >= 0.3 is 0 Å². The van der Waals surface area contributed by atoms with E-state index in [4.69, 9.17) is 9.97 Å². The van der Waals surface area contributed by atoms with Crippen LogP contribution in [0, 0.1) is 6.07 Å². The summed E-state index contributed by atoms with van der Waals surface area (Å²) in [6.45, 7) is 8.90. The van der Waals surface area contributed by atoms with Gasteiger partial charge in [0.1, 0.15) is 11.6 Å². The molecule has 0 saturated carbocycles. The number of hydrogen-bond acceptors (Lipinski definition) is 4. The third-order valence-electron chi connectivity index (χ3n) is 9.18. The Bertz CT molecular complexity index is 2180. The molecule has 2 heterocycles. The molecule has 51 heavy (non-hydrogen) atoms. The second kappa shape index (κ2) is 15.3. The van der Waals surface area contributed by atoms with Crippen LogP contribution in [0.5, 0.6) is 5.75 Å². The summed E-state index contributed by atoms with van der Waals surface area (Å²) in [4.78, 5) is 12.1. The summed E-state index contributed by atoms with van der Waals surface area (Å²) in [5.41, 5.74) is 10.5. The molecule has 0 bridgehead atoms. The fourth-order valence-electron chi connectivity index (χ4n) is 6.27. The molecule has 256 valence electrons. The molecule has 0 aliphatic carbocycles. The number of aromatic nitrogens is 2. The van der Waals surface area contributed by atoms with Crippen molar-refractivity contribution in [3.8, 4) is 39.4 Å². The number of nitrogens with zero attached hydrogens (tertiary/aromatic N) is 3. The fraction of sp³-hybridized carbons (Fsp3) is 0.130. The standard InChI is InChI=1S/C46H40N3O.Pt/c1-32(33-15-7-5-8-16-33)34-22-24-35(25-23-34)36-29-42(48-43(30-36)41-19-11-12-20-44(41)50)37-27-38(46(2,3)4)31-40(28-37)49(39-17-9-6-10-18-39)45-21-13-14-26-47-45;/h5-27,29-32,50H,1-4H3;/q-1;. The molecule has 2 aromatic heterocycles. The quantitative estimate of drug-likeness (QED) is 0.155. The molecule has 0 radical (unpaired) electrons. The molecule has 0 spiro atoms. The summed E-state index contributed by atoms with van der Waals surface area (Å²) in [6.07, 6.45) is 1.81. The van der Waals surface area contributed by atoms with E-state index in [1.807, 2.05) is 60.8 Å². The van der Waals surface area contributed by atoms with E-state index in [-0.39, 0.29) is 38.1 Å². The molecule has 0 amide bonds. The summed E-state index contributed by atoms with van der Waals surface area (Å²) in [6, 6.07) is 55.3. The number of para-hydroxylation sites is 2. The summed E-state index contributed by atoms with van der Waals surface area (Å²) >= 11 is 0. The molecule has 7 aromatic rings. The SMILES string of the molecule is CC(c1ccccc1)c1ccc(-c2cc(-c3[c-]c(N(c4ccccc4)c4ccccn4)cc(C(C)(C)C)c3)nc(-c3ccccc3O)c2)cc1.[Pt]. The van der Waals surface area contributed by atoms with E-state index in [1.54, 1.807) is 6.07 Å². The van der Waals surface area contributed by atoms with E-state index < -0.39 is 0 Å². The van der Waals surface area contributed by atoms with Crippen molar-refractivity contribution in [1.82, 2.24) is 9.97 Å². The number of rotatable bonds is 8. The average Bonchev–Trinajstić information content (AvgIpc) is 3.15. The molecular weight excluding hydrogens is 806 g/mol. The predicted molar refractivity (Wildman–Crippen MR) is 206 cm³/mol. The van der Waals surface area contributed by atoms with E-state index in [0.717, 1.165) is 45.1 Å². The van der Waals surface area contributed by atoms with Gasteiger partial charge in [-0.2, -0.15) is 0 Å². The average molecular weight is 846 g/mol. The molecule has 0 aliphatic heterocycles. The first kappa shape index (κ1) is 35.5. The minimum Gasteiger partial charge on any atom is -0.507 e. The molecule has 1 N–H and O–H groups in total. The Morgan fingerprint density at radius 3 is 1.94 bits per heavy atom. The van der Waals surface area contributed by atoms with Gasteiger partial charge in [-0.15, -0.1) is 29.3 Å². The maximum absolute atomic E-state index is 11.0. The van der Waals surface area contributed by atoms with Gasteiger partial charge in [-0.3, -0.25) is 4.98 Å². The maximum atomic E-state index is 11.0. The van der Waals surface area contributed by atoms with Gasteiger partial charge in [0.05, 0.1) is 5.69 Å². The van der Waals surface area contributed by atoms with E-state index in [1.165, 1.54) is 11.1 Å². The van der Waals surface area contributed by atoms with Gasteiger partial charge in [0.25, 0.3) is 0 Å². The molecule has 0 aliphatic rings. The topological polar surface area (TPSA) is 49.2 Å². The molecule has 7 rings (SSSR count). The fourth-order valence-corrected chi connectivity index (χ4v) is 6.27. The second-order valence-corrected chi connectivity index (χ2v) is 13.7.